The molecule has 0 spiro atoms. The first-order chi connectivity index (χ1) is 42.7. The minimum absolute atomic E-state index is 0.0508. The number of carbonyl (C=O) groups is 2. The number of nitrogens with one attached hydrogen (secondary N) is 2. The van der Waals surface area contributed by atoms with Crippen LogP contribution in [-0.2, 0) is 10.8 Å². The second-order valence-electron chi connectivity index (χ2n) is 24.0. The molecule has 88 heavy (non-hydrogen) atoms. The maximum absolute atomic E-state index is 13.1. The smallest absolute Gasteiger partial charge is 0.253 e. The number of nitrogens with zero attached hydrogens (tertiary/aromatic N) is 12. The van der Waals surface area contributed by atoms with Gasteiger partial charge in [0.2, 0.25) is 18.4 Å². The van der Waals surface area contributed by atoms with Crippen molar-refractivity contribution in [3.63, 3.8) is 0 Å². The van der Waals surface area contributed by atoms with Gasteiger partial charge in [0.15, 0.2) is 11.3 Å². The standard InChI is InChI=1S/C34H40N8OS.C20H23BrN6O.C14H20OS/c1-35-24-34(26-9-13-29(44-4)14-10-26)17-22-41(23-18-34)30-6-5-19-42-31(30)37-33(38-42)36-27-11-7-25(8-12-27)32(43)40(3)28-15-20-39(2)21-16-28;1-25-12-9-16(10-13-25)26(2)19(28)14-5-7-15(8-6-14)22-20-23-18-17(21)4-3-11-27(18)24-20;1-16-13-7-5-12(6-8-13)14(11-15)9-3-2-4-10-14/h5-14,19,28H,15-18,20-24H2,2-4H3,(H,36,38);3-8,11,16H,9-10,12-13H2,1-2H3,(H,22,24);5-8,15H,2-4,9-11H2,1H3. The molecule has 4 aromatic carbocycles. The molecule has 4 aliphatic rings. The van der Waals surface area contributed by atoms with Crippen molar-refractivity contribution in [3.8, 4) is 0 Å². The Morgan fingerprint density at radius 2 is 1.06 bits per heavy atom. The highest BCUT2D eigenvalue weighted by atomic mass is 79.9. The number of carbonyl (C=O) groups excluding carboxylic acids is 2. The molecule has 1 saturated carbocycles. The number of thioether (sulfide) groups is 2. The topological polar surface area (TPSA) is 159 Å². The molecule has 1 aliphatic carbocycles. The van der Waals surface area contributed by atoms with E-state index in [0.717, 1.165) is 123 Å². The predicted octanol–water partition coefficient (Wildman–Crippen LogP) is 12.8. The number of halogens is 1. The molecule has 462 valence electrons. The molecule has 2 amide bonds. The number of likely N-dealkylation sites (tertiary alicyclic amines) is 2. The fraction of sp³-hybridized carbons (Fsp3) is 0.426. The fourth-order valence-electron chi connectivity index (χ4n) is 12.8. The van der Waals surface area contributed by atoms with Crippen LogP contribution in [0, 0.1) is 6.57 Å². The minimum Gasteiger partial charge on any atom is -0.395 e. The molecule has 3 N–H and O–H groups in total. The van der Waals surface area contributed by atoms with E-state index in [2.05, 4.69) is 142 Å². The van der Waals surface area contributed by atoms with Gasteiger partial charge in [-0.2, -0.15) is 9.97 Å². The summed E-state index contributed by atoms with van der Waals surface area (Å²) in [5.41, 5.74) is 8.14. The van der Waals surface area contributed by atoms with Crippen LogP contribution in [0.25, 0.3) is 16.1 Å². The Morgan fingerprint density at radius 3 is 1.50 bits per heavy atom. The van der Waals surface area contributed by atoms with Crippen molar-refractivity contribution < 1.29 is 14.7 Å². The van der Waals surface area contributed by atoms with Gasteiger partial charge in [-0.05, 0) is 228 Å². The summed E-state index contributed by atoms with van der Waals surface area (Å²) in [6.45, 7) is 14.3. The van der Waals surface area contributed by atoms with Gasteiger partial charge in [0.25, 0.3) is 11.8 Å². The van der Waals surface area contributed by atoms with Crippen molar-refractivity contribution in [3.05, 3.63) is 172 Å². The van der Waals surface area contributed by atoms with Crippen molar-refractivity contribution in [1.29, 1.82) is 0 Å². The lowest BCUT2D eigenvalue weighted by Gasteiger charge is -2.40. The fourth-order valence-corrected chi connectivity index (χ4v) is 14.0. The van der Waals surface area contributed by atoms with E-state index in [1.54, 1.807) is 28.0 Å². The quantitative estimate of drug-likeness (QED) is 0.0657. The van der Waals surface area contributed by atoms with E-state index in [0.29, 0.717) is 42.2 Å². The maximum Gasteiger partial charge on any atom is 0.253 e. The summed E-state index contributed by atoms with van der Waals surface area (Å²) >= 11 is 6.98. The monoisotopic (exact) mass is 1290 g/mol. The van der Waals surface area contributed by atoms with Crippen LogP contribution in [-0.4, -0.2) is 171 Å². The van der Waals surface area contributed by atoms with Crippen molar-refractivity contribution in [1.82, 2.24) is 48.8 Å². The van der Waals surface area contributed by atoms with Gasteiger partial charge in [-0.25, -0.2) is 15.6 Å². The van der Waals surface area contributed by atoms with Crippen molar-refractivity contribution >= 4 is 91.5 Å². The number of hydrogen-bond donors (Lipinski definition) is 3. The maximum atomic E-state index is 13.1. The van der Waals surface area contributed by atoms with E-state index in [4.69, 9.17) is 11.6 Å². The van der Waals surface area contributed by atoms with Crippen molar-refractivity contribution in [2.45, 2.75) is 103 Å². The zero-order valence-electron chi connectivity index (χ0n) is 51.6. The highest BCUT2D eigenvalue weighted by molar-refractivity contribution is 9.10. The van der Waals surface area contributed by atoms with Crippen LogP contribution in [0.5, 0.6) is 0 Å². The Labute approximate surface area is 535 Å². The summed E-state index contributed by atoms with van der Waals surface area (Å²) in [6.07, 6.45) is 19.9. The molecule has 4 aromatic heterocycles. The number of hydrogen-bond acceptors (Lipinski definition) is 14. The SMILES string of the molecule is CN1CCC(N(C)C(=O)c2ccc(Nc3nc4c(Br)cccn4n3)cc2)CC1.CSc1ccc(C2(CO)CCCCC2)cc1.[C-]#[N+]CC1(c2ccc(SC)cc2)CCN(c2cccn3nc(Nc4ccc(C(=O)N(C)C5CCN(C)CC5)cc4)nc23)CC1. The Balaban J connectivity index is 0.000000165. The first-order valence-corrected chi connectivity index (χ1v) is 33.9. The van der Waals surface area contributed by atoms with Gasteiger partial charge in [0, 0.05) is 89.4 Å². The largest absolute Gasteiger partial charge is 0.395 e. The van der Waals surface area contributed by atoms with Gasteiger partial charge in [-0.15, -0.1) is 33.7 Å². The van der Waals surface area contributed by atoms with Gasteiger partial charge < -0.3 is 45.1 Å². The number of piperidine rings is 3. The number of anilines is 5. The number of aliphatic hydroxyl groups excluding tert-OH is 1. The number of benzene rings is 4. The van der Waals surface area contributed by atoms with Crippen molar-refractivity contribution in [2.24, 2.45) is 0 Å². The molecule has 3 saturated heterocycles. The summed E-state index contributed by atoms with van der Waals surface area (Å²) in [5.74, 6) is 1.14. The number of rotatable bonds is 15. The Hall–Kier alpha value is -6.99. The van der Waals surface area contributed by atoms with Crippen molar-refractivity contribution in [2.75, 3.05) is 109 Å². The second-order valence-corrected chi connectivity index (χ2v) is 26.6. The number of aromatic nitrogens is 6. The van der Waals surface area contributed by atoms with Crippen LogP contribution >= 0.6 is 39.5 Å². The Morgan fingerprint density at radius 1 is 0.614 bits per heavy atom. The molecule has 0 unspecified atom stereocenters. The molecule has 0 atom stereocenters. The Bertz CT molecular complexity index is 3620. The molecule has 3 aliphatic heterocycles. The highest BCUT2D eigenvalue weighted by Crippen LogP contribution is 2.41. The van der Waals surface area contributed by atoms with Gasteiger partial charge in [0.1, 0.15) is 0 Å². The summed E-state index contributed by atoms with van der Waals surface area (Å²) in [4.78, 5) is 52.4. The lowest BCUT2D eigenvalue weighted by Crippen LogP contribution is -2.44. The van der Waals surface area contributed by atoms with E-state index in [1.807, 2.05) is 108 Å². The lowest BCUT2D eigenvalue weighted by molar-refractivity contribution is 0.0652. The third kappa shape index (κ3) is 15.2. The Kier molecular flexibility index (Phi) is 21.5. The predicted molar refractivity (Wildman–Crippen MR) is 361 cm³/mol. The van der Waals surface area contributed by atoms with E-state index in [1.165, 1.54) is 40.2 Å². The van der Waals surface area contributed by atoms with Gasteiger partial charge in [-0.3, -0.25) is 9.59 Å². The van der Waals surface area contributed by atoms with Gasteiger partial charge in [0.05, 0.1) is 22.2 Å². The van der Waals surface area contributed by atoms with Crippen LogP contribution in [0.15, 0.2) is 148 Å². The molecule has 20 heteroatoms. The summed E-state index contributed by atoms with van der Waals surface area (Å²) in [7, 11) is 8.08. The number of fused-ring (bicyclic) bond motifs is 2. The van der Waals surface area contributed by atoms with Crippen LogP contribution in [0.3, 0.4) is 0 Å². The molecule has 17 nitrogen and oxygen atoms in total. The molecular formula is C68H83BrN14O3S2. The summed E-state index contributed by atoms with van der Waals surface area (Å²) in [6, 6.07) is 41.1. The van der Waals surface area contributed by atoms with Crippen LogP contribution in [0.2, 0.25) is 0 Å². The molecule has 0 bridgehead atoms. The first kappa shape index (κ1) is 64.0. The lowest BCUT2D eigenvalue weighted by atomic mass is 9.70. The molecule has 12 rings (SSSR count). The normalized spacial score (nSPS) is 17.2. The van der Waals surface area contributed by atoms with E-state index < -0.39 is 0 Å². The number of amides is 2. The average molecular weight is 1290 g/mol. The first-order valence-electron chi connectivity index (χ1n) is 30.7. The van der Waals surface area contributed by atoms with Gasteiger partial charge in [-0.1, -0.05) is 43.5 Å². The molecule has 8 aromatic rings. The van der Waals surface area contributed by atoms with E-state index >= 15 is 0 Å². The molecular weight excluding hydrogens is 1200 g/mol. The van der Waals surface area contributed by atoms with Crippen LogP contribution < -0.4 is 15.5 Å². The molecule has 0 radical (unpaired) electrons. The highest BCUT2D eigenvalue weighted by Gasteiger charge is 2.40. The molecule has 4 fully saturated rings. The van der Waals surface area contributed by atoms with E-state index in [-0.39, 0.29) is 28.7 Å². The number of aliphatic hydroxyl groups is 1. The third-order valence-electron chi connectivity index (χ3n) is 18.5. The third-order valence-corrected chi connectivity index (χ3v) is 20.6. The number of pyridine rings is 2. The van der Waals surface area contributed by atoms with E-state index in [9.17, 15) is 14.7 Å². The second kappa shape index (κ2) is 29.5. The average Bonchev–Trinajstić information content (AvgIpc) is 4.13. The van der Waals surface area contributed by atoms with Crippen LogP contribution in [0.4, 0.5) is 29.0 Å². The summed E-state index contributed by atoms with van der Waals surface area (Å²) < 4.78 is 4.41. The summed E-state index contributed by atoms with van der Waals surface area (Å²) in [5, 5.41) is 25.3. The zero-order valence-corrected chi connectivity index (χ0v) is 54.8. The van der Waals surface area contributed by atoms with Crippen LogP contribution in [0.1, 0.15) is 102 Å². The molecule has 7 heterocycles. The zero-order chi connectivity index (χ0) is 61.8. The van der Waals surface area contributed by atoms with Gasteiger partial charge >= 0.3 is 0 Å². The minimum atomic E-state index is -0.129.